The number of aryl methyl sites for hydroxylation is 2. The zero-order valence-corrected chi connectivity index (χ0v) is 11.2. The minimum atomic E-state index is -4.87. The Morgan fingerprint density at radius 3 is 2.30 bits per heavy atom. The van der Waals surface area contributed by atoms with Crippen LogP contribution in [0.5, 0.6) is 0 Å². The van der Waals surface area contributed by atoms with Gasteiger partial charge in [-0.25, -0.2) is 8.42 Å². The number of carbonyl (C=O) groups is 1. The van der Waals surface area contributed by atoms with Crippen LogP contribution in [0.1, 0.15) is 11.5 Å². The van der Waals surface area contributed by atoms with E-state index < -0.39 is 40.2 Å². The molecule has 1 rings (SSSR count). The molecule has 0 amide bonds. The zero-order chi connectivity index (χ0) is 15.7. The van der Waals surface area contributed by atoms with Gasteiger partial charge in [0.1, 0.15) is 23.7 Å². The van der Waals surface area contributed by atoms with E-state index in [9.17, 15) is 26.4 Å². The maximum Gasteiger partial charge on any atom is 0.402 e. The molecular formula is C9H11F3N2O5S. The van der Waals surface area contributed by atoms with E-state index in [1.54, 1.807) is 0 Å². The van der Waals surface area contributed by atoms with E-state index in [1.807, 2.05) is 0 Å². The first-order valence-corrected chi connectivity index (χ1v) is 6.60. The number of rotatable bonds is 5. The summed E-state index contributed by atoms with van der Waals surface area (Å²) in [5, 5.41) is 11.9. The van der Waals surface area contributed by atoms with Gasteiger partial charge in [0.2, 0.25) is 10.0 Å². The number of carboxylic acid groups (broad SMARTS) is 1. The van der Waals surface area contributed by atoms with Crippen molar-refractivity contribution in [1.29, 1.82) is 0 Å². The number of aromatic nitrogens is 1. The van der Waals surface area contributed by atoms with Crippen molar-refractivity contribution in [2.75, 3.05) is 13.1 Å². The van der Waals surface area contributed by atoms with Crippen LogP contribution < -0.4 is 0 Å². The highest BCUT2D eigenvalue weighted by atomic mass is 32.2. The normalized spacial score (nSPS) is 12.9. The predicted octanol–water partition coefficient (Wildman–Crippen LogP) is 0.929. The lowest BCUT2D eigenvalue weighted by atomic mass is 10.4. The van der Waals surface area contributed by atoms with Crippen molar-refractivity contribution in [2.45, 2.75) is 24.9 Å². The van der Waals surface area contributed by atoms with Crippen molar-refractivity contribution in [1.82, 2.24) is 9.46 Å². The minimum absolute atomic E-state index is 0.139. The summed E-state index contributed by atoms with van der Waals surface area (Å²) in [6.45, 7) is -0.785. The second-order valence-corrected chi connectivity index (χ2v) is 5.81. The van der Waals surface area contributed by atoms with Crippen LogP contribution in [-0.2, 0) is 14.8 Å². The third-order valence-electron chi connectivity index (χ3n) is 2.23. The number of hydrogen-bond acceptors (Lipinski definition) is 5. The molecule has 0 bridgehead atoms. The molecule has 11 heteroatoms. The quantitative estimate of drug-likeness (QED) is 0.867. The summed E-state index contributed by atoms with van der Waals surface area (Å²) < 4.78 is 65.8. The molecule has 0 atom stereocenters. The third-order valence-corrected chi connectivity index (χ3v) is 4.27. The van der Waals surface area contributed by atoms with E-state index in [1.165, 1.54) is 13.8 Å². The lowest BCUT2D eigenvalue weighted by Gasteiger charge is -2.21. The summed E-state index contributed by atoms with van der Waals surface area (Å²) >= 11 is 0. The highest BCUT2D eigenvalue weighted by Gasteiger charge is 2.40. The first kappa shape index (κ1) is 16.4. The fraction of sp³-hybridized carbons (Fsp3) is 0.556. The molecule has 20 heavy (non-hydrogen) atoms. The van der Waals surface area contributed by atoms with E-state index in [0.29, 0.717) is 0 Å². The predicted molar refractivity (Wildman–Crippen MR) is 58.4 cm³/mol. The largest absolute Gasteiger partial charge is 0.480 e. The molecule has 1 N–H and O–H groups in total. The lowest BCUT2D eigenvalue weighted by molar-refractivity contribution is -0.146. The number of alkyl halides is 3. The lowest BCUT2D eigenvalue weighted by Crippen LogP contribution is -2.42. The molecule has 0 aliphatic carbocycles. The topological polar surface area (TPSA) is 101 Å². The molecule has 0 aliphatic heterocycles. The Balaban J connectivity index is 3.28. The van der Waals surface area contributed by atoms with Crippen LogP contribution in [-0.4, -0.2) is 48.2 Å². The van der Waals surface area contributed by atoms with Crippen molar-refractivity contribution >= 4 is 16.0 Å². The molecule has 0 aromatic carbocycles. The maximum atomic E-state index is 12.4. The van der Waals surface area contributed by atoms with Gasteiger partial charge in [0.15, 0.2) is 5.76 Å². The molecule has 7 nitrogen and oxygen atoms in total. The minimum Gasteiger partial charge on any atom is -0.480 e. The van der Waals surface area contributed by atoms with Crippen molar-refractivity contribution in [2.24, 2.45) is 0 Å². The number of sulfonamides is 1. The van der Waals surface area contributed by atoms with Gasteiger partial charge in [-0.3, -0.25) is 4.79 Å². The highest BCUT2D eigenvalue weighted by molar-refractivity contribution is 7.89. The highest BCUT2D eigenvalue weighted by Crippen LogP contribution is 2.26. The molecule has 1 aromatic heterocycles. The Bertz CT molecular complexity index is 588. The van der Waals surface area contributed by atoms with Gasteiger partial charge in [-0.1, -0.05) is 5.16 Å². The van der Waals surface area contributed by atoms with Gasteiger partial charge in [-0.05, 0) is 13.8 Å². The standard InChI is InChI=1S/C9H11F3N2O5S/c1-5-8(6(2)19-13-5)20(17,18)14(3-7(15)16)4-9(10,11)12/h3-4H2,1-2H3,(H,15,16). The fourth-order valence-electron chi connectivity index (χ4n) is 1.55. The summed E-state index contributed by atoms with van der Waals surface area (Å²) in [7, 11) is -4.67. The smallest absolute Gasteiger partial charge is 0.402 e. The number of aliphatic carboxylic acids is 1. The van der Waals surface area contributed by atoms with Crippen LogP contribution in [0.4, 0.5) is 13.2 Å². The molecule has 0 spiro atoms. The second-order valence-electron chi connectivity index (χ2n) is 3.94. The number of hydrogen-bond donors (Lipinski definition) is 1. The van der Waals surface area contributed by atoms with Crippen LogP contribution in [0.25, 0.3) is 0 Å². The Morgan fingerprint density at radius 1 is 1.40 bits per heavy atom. The Labute approximate surface area is 112 Å². The first-order valence-electron chi connectivity index (χ1n) is 5.16. The van der Waals surface area contributed by atoms with Crippen molar-refractivity contribution in [3.05, 3.63) is 11.5 Å². The number of carboxylic acids is 1. The van der Waals surface area contributed by atoms with Crippen molar-refractivity contribution in [3.63, 3.8) is 0 Å². The van der Waals surface area contributed by atoms with Crippen LogP contribution in [0.3, 0.4) is 0 Å². The Morgan fingerprint density at radius 2 is 1.95 bits per heavy atom. The number of nitrogens with zero attached hydrogens (tertiary/aromatic N) is 2. The summed E-state index contributed by atoms with van der Waals surface area (Å²) in [4.78, 5) is 10.0. The molecule has 1 aromatic rings. The van der Waals surface area contributed by atoms with E-state index >= 15 is 0 Å². The third kappa shape index (κ3) is 3.70. The van der Waals surface area contributed by atoms with Crippen molar-refractivity contribution < 1.29 is 36.0 Å². The van der Waals surface area contributed by atoms with Gasteiger partial charge in [-0.2, -0.15) is 17.5 Å². The SMILES string of the molecule is Cc1noc(C)c1S(=O)(=O)N(CC(=O)O)CC(F)(F)F. The molecule has 0 radical (unpaired) electrons. The van der Waals surface area contributed by atoms with E-state index in [-0.39, 0.29) is 15.8 Å². The van der Waals surface area contributed by atoms with Crippen LogP contribution in [0.15, 0.2) is 9.42 Å². The first-order chi connectivity index (χ1) is 8.95. The fourth-order valence-corrected chi connectivity index (χ4v) is 3.21. The summed E-state index contributed by atoms with van der Waals surface area (Å²) in [6.07, 6.45) is -4.87. The van der Waals surface area contributed by atoms with Gasteiger partial charge in [0, 0.05) is 0 Å². The number of halogens is 3. The second kappa shape index (κ2) is 5.40. The summed E-state index contributed by atoms with van der Waals surface area (Å²) in [6, 6.07) is 0. The van der Waals surface area contributed by atoms with E-state index in [4.69, 9.17) is 5.11 Å². The van der Waals surface area contributed by atoms with Gasteiger partial charge in [-0.15, -0.1) is 0 Å². The van der Waals surface area contributed by atoms with Crippen LogP contribution >= 0.6 is 0 Å². The summed E-state index contributed by atoms with van der Waals surface area (Å²) in [5.74, 6) is -1.91. The average molecular weight is 316 g/mol. The molecule has 1 heterocycles. The van der Waals surface area contributed by atoms with Crippen LogP contribution in [0, 0.1) is 13.8 Å². The molecule has 0 fully saturated rings. The molecule has 0 saturated carbocycles. The Kier molecular flexibility index (Phi) is 4.44. The van der Waals surface area contributed by atoms with Crippen molar-refractivity contribution in [3.8, 4) is 0 Å². The van der Waals surface area contributed by atoms with Gasteiger partial charge >= 0.3 is 12.1 Å². The molecule has 0 saturated heterocycles. The Hall–Kier alpha value is -1.62. The maximum absolute atomic E-state index is 12.4. The molecule has 114 valence electrons. The molecule has 0 aliphatic rings. The molecule has 0 unspecified atom stereocenters. The van der Waals surface area contributed by atoms with Crippen LogP contribution in [0.2, 0.25) is 0 Å². The zero-order valence-electron chi connectivity index (χ0n) is 10.4. The van der Waals surface area contributed by atoms with E-state index in [0.717, 1.165) is 0 Å². The van der Waals surface area contributed by atoms with Gasteiger partial charge in [0.05, 0.1) is 0 Å². The molecular weight excluding hydrogens is 305 g/mol. The average Bonchev–Trinajstić information content (AvgIpc) is 2.55. The monoisotopic (exact) mass is 316 g/mol. The van der Waals surface area contributed by atoms with E-state index in [2.05, 4.69) is 9.68 Å². The van der Waals surface area contributed by atoms with Gasteiger partial charge in [0.25, 0.3) is 0 Å². The summed E-state index contributed by atoms with van der Waals surface area (Å²) in [5.41, 5.74) is -0.139. The van der Waals surface area contributed by atoms with Gasteiger partial charge < -0.3 is 9.63 Å².